The normalized spacial score (nSPS) is 13.2. The van der Waals surface area contributed by atoms with Crippen molar-refractivity contribution >= 4 is 22.5 Å². The van der Waals surface area contributed by atoms with E-state index in [4.69, 9.17) is 0 Å². The fraction of sp³-hybridized carbons (Fsp3) is 0.667. The topological polar surface area (TPSA) is 66.0 Å². The third kappa shape index (κ3) is 5.01. The Labute approximate surface area is 112 Å². The minimum absolute atomic E-state index is 0.201. The first-order chi connectivity index (χ1) is 8.31. The van der Waals surface area contributed by atoms with Crippen molar-refractivity contribution in [3.05, 3.63) is 11.1 Å². The van der Waals surface area contributed by atoms with Crippen LogP contribution in [0.3, 0.4) is 0 Å². The summed E-state index contributed by atoms with van der Waals surface area (Å²) in [6.45, 7) is 10.8. The van der Waals surface area contributed by atoms with E-state index >= 15 is 0 Å². The van der Waals surface area contributed by atoms with Gasteiger partial charge in [-0.15, -0.1) is 11.3 Å². The van der Waals surface area contributed by atoms with E-state index in [9.17, 15) is 4.79 Å². The summed E-state index contributed by atoms with van der Waals surface area (Å²) >= 11 is 1.44. The van der Waals surface area contributed by atoms with Crippen molar-refractivity contribution in [1.82, 2.24) is 15.6 Å². The molecule has 18 heavy (non-hydrogen) atoms. The molecule has 0 aromatic carbocycles. The first-order valence-electron chi connectivity index (χ1n) is 6.10. The van der Waals surface area contributed by atoms with Gasteiger partial charge in [0.1, 0.15) is 0 Å². The van der Waals surface area contributed by atoms with Crippen LogP contribution < -0.4 is 16.0 Å². The third-order valence-corrected chi connectivity index (χ3v) is 2.96. The molecule has 0 aliphatic carbocycles. The minimum atomic E-state index is -0.249. The molecule has 0 saturated heterocycles. The number of nitrogens with one attached hydrogen (secondary N) is 3. The van der Waals surface area contributed by atoms with Crippen LogP contribution in [0, 0.1) is 0 Å². The molecule has 0 aliphatic heterocycles. The van der Waals surface area contributed by atoms with Gasteiger partial charge in [-0.1, -0.05) is 6.92 Å². The third-order valence-electron chi connectivity index (χ3n) is 2.18. The molecule has 0 saturated carbocycles. The highest BCUT2D eigenvalue weighted by Crippen LogP contribution is 2.20. The van der Waals surface area contributed by atoms with E-state index in [0.29, 0.717) is 5.13 Å². The van der Waals surface area contributed by atoms with Gasteiger partial charge >= 0.3 is 6.03 Å². The molecular weight excluding hydrogens is 248 g/mol. The molecular formula is C12H22N4OS. The van der Waals surface area contributed by atoms with Gasteiger partial charge in [0.15, 0.2) is 5.13 Å². The second-order valence-corrected chi connectivity index (χ2v) is 6.04. The Bertz CT molecular complexity index is 397. The number of urea groups is 1. The second-order valence-electron chi connectivity index (χ2n) is 5.19. The quantitative estimate of drug-likeness (QED) is 0.788. The van der Waals surface area contributed by atoms with Crippen molar-refractivity contribution in [1.29, 1.82) is 0 Å². The summed E-state index contributed by atoms with van der Waals surface area (Å²) in [6, 6.07) is -0.0213. The highest BCUT2D eigenvalue weighted by molar-refractivity contribution is 7.13. The van der Waals surface area contributed by atoms with Crippen LogP contribution in [0.4, 0.5) is 9.93 Å². The first-order valence-corrected chi connectivity index (χ1v) is 6.97. The van der Waals surface area contributed by atoms with Crippen molar-refractivity contribution in [3.8, 4) is 0 Å². The van der Waals surface area contributed by atoms with Gasteiger partial charge in [0, 0.05) is 17.0 Å². The monoisotopic (exact) mass is 270 g/mol. The van der Waals surface area contributed by atoms with Gasteiger partial charge in [-0.3, -0.25) is 5.32 Å². The molecule has 0 spiro atoms. The predicted octanol–water partition coefficient (Wildman–Crippen LogP) is 2.73. The summed E-state index contributed by atoms with van der Waals surface area (Å²) in [5, 5.41) is 11.4. The molecule has 102 valence electrons. The Balaban J connectivity index is 2.56. The molecule has 0 aliphatic rings. The van der Waals surface area contributed by atoms with Crippen LogP contribution in [0.1, 0.15) is 46.4 Å². The number of rotatable bonds is 4. The predicted molar refractivity (Wildman–Crippen MR) is 76.1 cm³/mol. The number of aromatic nitrogens is 1. The average Bonchev–Trinajstić information content (AvgIpc) is 2.63. The number of carbonyl (C=O) groups excluding carboxylic acids is 1. The molecule has 1 aromatic heterocycles. The molecule has 3 N–H and O–H groups in total. The van der Waals surface area contributed by atoms with Crippen LogP contribution in [0.15, 0.2) is 5.38 Å². The van der Waals surface area contributed by atoms with Gasteiger partial charge in [-0.05, 0) is 34.2 Å². The maximum absolute atomic E-state index is 11.7. The number of thiazole rings is 1. The lowest BCUT2D eigenvalue weighted by molar-refractivity contribution is 0.244. The number of amides is 2. The molecule has 1 heterocycles. The molecule has 1 atom stereocenters. The SMILES string of the molecule is CCNC(C)c1csc(NC(=O)NC(C)(C)C)n1. The number of nitrogens with zero attached hydrogens (tertiary/aromatic N) is 1. The lowest BCUT2D eigenvalue weighted by atomic mass is 10.1. The van der Waals surface area contributed by atoms with E-state index in [1.807, 2.05) is 26.2 Å². The van der Waals surface area contributed by atoms with Crippen LogP contribution in [0.25, 0.3) is 0 Å². The standard InChI is InChI=1S/C12H22N4OS/c1-6-13-8(2)9-7-18-11(14-9)15-10(17)16-12(3,4)5/h7-8,13H,6H2,1-5H3,(H2,14,15,16,17). The number of hydrogen-bond donors (Lipinski definition) is 3. The van der Waals surface area contributed by atoms with Gasteiger partial charge in [0.25, 0.3) is 0 Å². The molecule has 1 rings (SSSR count). The largest absolute Gasteiger partial charge is 0.333 e. The Morgan fingerprint density at radius 1 is 1.50 bits per heavy atom. The van der Waals surface area contributed by atoms with Gasteiger partial charge in [-0.2, -0.15) is 0 Å². The molecule has 5 nitrogen and oxygen atoms in total. The molecule has 0 fully saturated rings. The lowest BCUT2D eigenvalue weighted by Gasteiger charge is -2.20. The maximum atomic E-state index is 11.7. The van der Waals surface area contributed by atoms with Crippen LogP contribution in [0.2, 0.25) is 0 Å². The van der Waals surface area contributed by atoms with Crippen molar-refractivity contribution in [2.24, 2.45) is 0 Å². The summed E-state index contributed by atoms with van der Waals surface area (Å²) in [7, 11) is 0. The number of carbonyl (C=O) groups is 1. The van der Waals surface area contributed by atoms with Crippen molar-refractivity contribution in [2.75, 3.05) is 11.9 Å². The fourth-order valence-corrected chi connectivity index (χ4v) is 2.22. The van der Waals surface area contributed by atoms with Crippen LogP contribution in [-0.2, 0) is 0 Å². The highest BCUT2D eigenvalue weighted by Gasteiger charge is 2.15. The average molecular weight is 270 g/mol. The van der Waals surface area contributed by atoms with Gasteiger partial charge in [-0.25, -0.2) is 9.78 Å². The summed E-state index contributed by atoms with van der Waals surface area (Å²) in [5.74, 6) is 0. The summed E-state index contributed by atoms with van der Waals surface area (Å²) in [6.07, 6.45) is 0. The zero-order valence-corrected chi connectivity index (χ0v) is 12.4. The molecule has 6 heteroatoms. The lowest BCUT2D eigenvalue weighted by Crippen LogP contribution is -2.43. The minimum Gasteiger partial charge on any atom is -0.333 e. The van der Waals surface area contributed by atoms with E-state index in [-0.39, 0.29) is 17.6 Å². The fourth-order valence-electron chi connectivity index (χ4n) is 1.42. The molecule has 0 bridgehead atoms. The molecule has 0 radical (unpaired) electrons. The Morgan fingerprint density at radius 3 is 2.72 bits per heavy atom. The van der Waals surface area contributed by atoms with Crippen molar-refractivity contribution < 1.29 is 4.79 Å². The van der Waals surface area contributed by atoms with E-state index in [1.54, 1.807) is 0 Å². The Hall–Kier alpha value is -1.14. The summed E-state index contributed by atoms with van der Waals surface area (Å²) < 4.78 is 0. The van der Waals surface area contributed by atoms with Gasteiger partial charge in [0.2, 0.25) is 0 Å². The molecule has 2 amide bonds. The Kier molecular flexibility index (Phi) is 5.10. The molecule has 1 unspecified atom stereocenters. The zero-order valence-electron chi connectivity index (χ0n) is 11.6. The summed E-state index contributed by atoms with van der Waals surface area (Å²) in [4.78, 5) is 16.0. The second kappa shape index (κ2) is 6.15. The van der Waals surface area contributed by atoms with Crippen molar-refractivity contribution in [3.63, 3.8) is 0 Å². The van der Waals surface area contributed by atoms with Crippen LogP contribution in [0.5, 0.6) is 0 Å². The van der Waals surface area contributed by atoms with Gasteiger partial charge < -0.3 is 10.6 Å². The van der Waals surface area contributed by atoms with Crippen LogP contribution >= 0.6 is 11.3 Å². The van der Waals surface area contributed by atoms with E-state index in [1.165, 1.54) is 11.3 Å². The van der Waals surface area contributed by atoms with Crippen molar-refractivity contribution in [2.45, 2.75) is 46.2 Å². The Morgan fingerprint density at radius 2 is 2.17 bits per heavy atom. The first kappa shape index (κ1) is 14.9. The van der Waals surface area contributed by atoms with E-state index in [0.717, 1.165) is 12.2 Å². The number of hydrogen-bond acceptors (Lipinski definition) is 4. The summed E-state index contributed by atoms with van der Waals surface area (Å²) in [5.41, 5.74) is 0.703. The van der Waals surface area contributed by atoms with Gasteiger partial charge in [0.05, 0.1) is 5.69 Å². The smallest absolute Gasteiger partial charge is 0.321 e. The van der Waals surface area contributed by atoms with E-state index < -0.39 is 0 Å². The van der Waals surface area contributed by atoms with Crippen LogP contribution in [-0.4, -0.2) is 23.1 Å². The maximum Gasteiger partial charge on any atom is 0.321 e. The zero-order chi connectivity index (χ0) is 13.8. The highest BCUT2D eigenvalue weighted by atomic mass is 32.1. The molecule has 1 aromatic rings. The van der Waals surface area contributed by atoms with E-state index in [2.05, 4.69) is 34.8 Å². The number of anilines is 1.